The molecule has 2 rings (SSSR count). The molecule has 3 nitrogen and oxygen atoms in total. The topological polar surface area (TPSA) is 47.3 Å². The number of anilines is 2. The predicted octanol–water partition coefficient (Wildman–Crippen LogP) is 2.14. The lowest BCUT2D eigenvalue weighted by molar-refractivity contribution is 0.0329. The number of hydrogen-bond donors (Lipinski definition) is 2. The number of benzene rings is 1. The zero-order chi connectivity index (χ0) is 11.7. The quantitative estimate of drug-likeness (QED) is 0.779. The van der Waals surface area contributed by atoms with E-state index < -0.39 is 11.6 Å². The van der Waals surface area contributed by atoms with Crippen LogP contribution in [0.25, 0.3) is 0 Å². The lowest BCUT2D eigenvalue weighted by Gasteiger charge is -2.35. The van der Waals surface area contributed by atoms with Gasteiger partial charge in [0.2, 0.25) is 0 Å². The monoisotopic (exact) mass is 228 g/mol. The van der Waals surface area contributed by atoms with Gasteiger partial charge >= 0.3 is 0 Å². The number of ether oxygens (including phenoxy) is 1. The van der Waals surface area contributed by atoms with Crippen LogP contribution in [0.2, 0.25) is 0 Å². The Morgan fingerprint density at radius 2 is 2.06 bits per heavy atom. The first-order chi connectivity index (χ1) is 7.60. The van der Waals surface area contributed by atoms with Gasteiger partial charge in [-0.15, -0.1) is 0 Å². The Balaban J connectivity index is 2.05. The van der Waals surface area contributed by atoms with E-state index in [9.17, 15) is 8.78 Å². The summed E-state index contributed by atoms with van der Waals surface area (Å²) in [6.45, 7) is 0. The van der Waals surface area contributed by atoms with Crippen LogP contribution in [-0.2, 0) is 4.74 Å². The number of nitrogens with one attached hydrogen (secondary N) is 1. The summed E-state index contributed by atoms with van der Waals surface area (Å²) in [5.41, 5.74) is 5.79. The molecular formula is C11H14F2N2O. The molecule has 3 N–H and O–H groups in total. The first kappa shape index (κ1) is 11.1. The first-order valence-corrected chi connectivity index (χ1v) is 5.14. The normalized spacial score (nSPS) is 23.9. The summed E-state index contributed by atoms with van der Waals surface area (Å²) in [5.74, 6) is -1.36. The van der Waals surface area contributed by atoms with E-state index in [1.54, 1.807) is 7.11 Å². The second kappa shape index (κ2) is 4.25. The van der Waals surface area contributed by atoms with Crippen molar-refractivity contribution in [2.24, 2.45) is 0 Å². The van der Waals surface area contributed by atoms with Crippen molar-refractivity contribution in [2.75, 3.05) is 18.2 Å². The molecule has 0 aromatic heterocycles. The van der Waals surface area contributed by atoms with E-state index in [0.29, 0.717) is 5.69 Å². The van der Waals surface area contributed by atoms with Crippen LogP contribution in [0, 0.1) is 11.6 Å². The maximum absolute atomic E-state index is 13.1. The molecule has 16 heavy (non-hydrogen) atoms. The van der Waals surface area contributed by atoms with E-state index >= 15 is 0 Å². The van der Waals surface area contributed by atoms with Crippen LogP contribution >= 0.6 is 0 Å². The Bertz CT molecular complexity index is 392. The van der Waals surface area contributed by atoms with Gasteiger partial charge in [-0.05, 0) is 18.9 Å². The van der Waals surface area contributed by atoms with Crippen LogP contribution in [0.1, 0.15) is 12.8 Å². The summed E-state index contributed by atoms with van der Waals surface area (Å²) in [6.07, 6.45) is 1.89. The number of halogens is 2. The molecule has 0 unspecified atom stereocenters. The molecule has 0 heterocycles. The Morgan fingerprint density at radius 3 is 2.69 bits per heavy atom. The van der Waals surface area contributed by atoms with Gasteiger partial charge in [-0.2, -0.15) is 0 Å². The van der Waals surface area contributed by atoms with Gasteiger partial charge < -0.3 is 15.8 Å². The third-order valence-corrected chi connectivity index (χ3v) is 2.88. The second-order valence-corrected chi connectivity index (χ2v) is 4.02. The van der Waals surface area contributed by atoms with Crippen LogP contribution in [0.5, 0.6) is 0 Å². The molecule has 5 heteroatoms. The number of nitrogen functional groups attached to an aromatic ring is 1. The largest absolute Gasteiger partial charge is 0.395 e. The van der Waals surface area contributed by atoms with Crippen molar-refractivity contribution in [3.05, 3.63) is 23.8 Å². The highest BCUT2D eigenvalue weighted by molar-refractivity contribution is 5.67. The summed E-state index contributed by atoms with van der Waals surface area (Å²) >= 11 is 0. The van der Waals surface area contributed by atoms with Gasteiger partial charge in [0.1, 0.15) is 5.82 Å². The predicted molar refractivity (Wildman–Crippen MR) is 58.2 cm³/mol. The minimum atomic E-state index is -0.731. The number of methoxy groups -OCH3 is 1. The highest BCUT2D eigenvalue weighted by atomic mass is 19.1. The maximum Gasteiger partial charge on any atom is 0.151 e. The van der Waals surface area contributed by atoms with Crippen LogP contribution < -0.4 is 11.1 Å². The average Bonchev–Trinajstić information content (AvgIpc) is 2.17. The van der Waals surface area contributed by atoms with Crippen LogP contribution in [0.3, 0.4) is 0 Å². The zero-order valence-electron chi connectivity index (χ0n) is 8.97. The van der Waals surface area contributed by atoms with Gasteiger partial charge in [0.05, 0.1) is 17.5 Å². The van der Waals surface area contributed by atoms with Crippen LogP contribution in [0.15, 0.2) is 12.1 Å². The van der Waals surface area contributed by atoms with Crippen molar-refractivity contribution < 1.29 is 13.5 Å². The Kier molecular flexibility index (Phi) is 2.96. The minimum Gasteiger partial charge on any atom is -0.395 e. The molecule has 0 spiro atoms. The molecule has 88 valence electrons. The molecular weight excluding hydrogens is 214 g/mol. The third kappa shape index (κ3) is 2.09. The molecule has 0 atom stereocenters. The van der Waals surface area contributed by atoms with Gasteiger partial charge in [-0.1, -0.05) is 0 Å². The van der Waals surface area contributed by atoms with E-state index in [4.69, 9.17) is 10.5 Å². The van der Waals surface area contributed by atoms with Gasteiger partial charge in [0, 0.05) is 19.2 Å². The van der Waals surface area contributed by atoms with E-state index in [1.165, 1.54) is 6.07 Å². The van der Waals surface area contributed by atoms with E-state index in [2.05, 4.69) is 5.32 Å². The average molecular weight is 228 g/mol. The van der Waals surface area contributed by atoms with Crippen molar-refractivity contribution in [3.63, 3.8) is 0 Å². The van der Waals surface area contributed by atoms with Gasteiger partial charge in [-0.25, -0.2) is 8.78 Å². The molecule has 1 aliphatic rings. The second-order valence-electron chi connectivity index (χ2n) is 4.02. The van der Waals surface area contributed by atoms with E-state index in [0.717, 1.165) is 18.9 Å². The zero-order valence-corrected chi connectivity index (χ0v) is 8.97. The summed E-state index contributed by atoms with van der Waals surface area (Å²) < 4.78 is 31.2. The highest BCUT2D eigenvalue weighted by Crippen LogP contribution is 2.30. The Morgan fingerprint density at radius 1 is 1.38 bits per heavy atom. The molecule has 1 aromatic carbocycles. The van der Waals surface area contributed by atoms with Crippen molar-refractivity contribution in [1.82, 2.24) is 0 Å². The fourth-order valence-corrected chi connectivity index (χ4v) is 1.80. The van der Waals surface area contributed by atoms with E-state index in [1.807, 2.05) is 0 Å². The van der Waals surface area contributed by atoms with Crippen LogP contribution in [0.4, 0.5) is 20.2 Å². The smallest absolute Gasteiger partial charge is 0.151 e. The molecule has 0 radical (unpaired) electrons. The molecule has 1 fully saturated rings. The Labute approximate surface area is 92.6 Å². The Hall–Kier alpha value is -1.36. The molecule has 0 amide bonds. The third-order valence-electron chi connectivity index (χ3n) is 2.88. The van der Waals surface area contributed by atoms with Crippen molar-refractivity contribution >= 4 is 11.4 Å². The van der Waals surface area contributed by atoms with Gasteiger partial charge in [0.15, 0.2) is 5.82 Å². The van der Waals surface area contributed by atoms with Gasteiger partial charge in [-0.3, -0.25) is 0 Å². The lowest BCUT2D eigenvalue weighted by atomic mass is 9.89. The highest BCUT2D eigenvalue weighted by Gasteiger charge is 2.29. The van der Waals surface area contributed by atoms with Crippen molar-refractivity contribution in [2.45, 2.75) is 25.0 Å². The minimum absolute atomic E-state index is 0.0396. The number of nitrogens with two attached hydrogens (primary N) is 1. The summed E-state index contributed by atoms with van der Waals surface area (Å²) in [6, 6.07) is 2.16. The fourth-order valence-electron chi connectivity index (χ4n) is 1.80. The molecule has 1 aromatic rings. The molecule has 0 saturated heterocycles. The van der Waals surface area contributed by atoms with Crippen molar-refractivity contribution in [1.29, 1.82) is 0 Å². The van der Waals surface area contributed by atoms with Crippen molar-refractivity contribution in [3.8, 4) is 0 Å². The summed E-state index contributed by atoms with van der Waals surface area (Å²) in [5, 5.41) is 3.01. The standard InChI is InChI=1S/C11H14F2N2O/c1-16-8-4-7(5-8)15-10-3-6(12)2-9(13)11(10)14/h2-3,7-8,15H,4-5,14H2,1H3. The maximum atomic E-state index is 13.1. The summed E-state index contributed by atoms with van der Waals surface area (Å²) in [7, 11) is 1.65. The molecule has 1 aliphatic carbocycles. The number of hydrogen-bond acceptors (Lipinski definition) is 3. The summed E-state index contributed by atoms with van der Waals surface area (Å²) in [4.78, 5) is 0. The molecule has 0 bridgehead atoms. The fraction of sp³-hybridized carbons (Fsp3) is 0.455. The first-order valence-electron chi connectivity index (χ1n) is 5.14. The van der Waals surface area contributed by atoms with E-state index in [-0.39, 0.29) is 17.8 Å². The lowest BCUT2D eigenvalue weighted by Crippen LogP contribution is -2.40. The SMILES string of the molecule is COC1CC(Nc2cc(F)cc(F)c2N)C1. The van der Waals surface area contributed by atoms with Gasteiger partial charge in [0.25, 0.3) is 0 Å². The number of rotatable bonds is 3. The molecule has 1 saturated carbocycles. The molecule has 0 aliphatic heterocycles. The van der Waals surface area contributed by atoms with Crippen LogP contribution in [-0.4, -0.2) is 19.3 Å².